The summed E-state index contributed by atoms with van der Waals surface area (Å²) in [4.78, 5) is 25.8. The highest BCUT2D eigenvalue weighted by atomic mass is 16.5. The van der Waals surface area contributed by atoms with Gasteiger partial charge in [-0.15, -0.1) is 0 Å². The Hall–Kier alpha value is -2.83. The molecule has 3 rings (SSSR count). The number of carbonyl (C=O) groups excluding carboxylic acids is 2. The average Bonchev–Trinajstić information content (AvgIpc) is 3.16. The lowest BCUT2D eigenvalue weighted by Gasteiger charge is -2.18. The Labute approximate surface area is 146 Å². The summed E-state index contributed by atoms with van der Waals surface area (Å²) in [5, 5.41) is 9.63. The van der Waals surface area contributed by atoms with Crippen molar-refractivity contribution < 1.29 is 14.1 Å². The fourth-order valence-electron chi connectivity index (χ4n) is 2.83. The van der Waals surface area contributed by atoms with E-state index in [2.05, 4.69) is 15.8 Å². The number of benzene rings is 1. The number of anilines is 2. The van der Waals surface area contributed by atoms with Crippen LogP contribution in [0, 0.1) is 6.92 Å². The molecule has 1 aliphatic heterocycles. The van der Waals surface area contributed by atoms with Crippen molar-refractivity contribution in [1.29, 1.82) is 0 Å². The first-order valence-electron chi connectivity index (χ1n) is 8.39. The van der Waals surface area contributed by atoms with Crippen LogP contribution < -0.4 is 10.6 Å². The standard InChI is InChI=1S/C18H22N4O3/c1-12-9-16(21-25-12)20-18(24)13(2)19-15-6-3-5-14(10-15)11-22-8-4-7-17(22)23/h3,5-6,9-10,13,19H,4,7-8,11H2,1-2H3,(H,20,21,24)/t13-/m0/s1. The molecule has 0 bridgehead atoms. The molecule has 0 aliphatic carbocycles. The first-order valence-corrected chi connectivity index (χ1v) is 8.39. The number of aryl methyl sites for hydroxylation is 1. The van der Waals surface area contributed by atoms with Gasteiger partial charge in [0.1, 0.15) is 11.8 Å². The third-order valence-corrected chi connectivity index (χ3v) is 4.13. The zero-order valence-corrected chi connectivity index (χ0v) is 14.4. The Morgan fingerprint density at radius 3 is 2.92 bits per heavy atom. The molecule has 1 aromatic carbocycles. The minimum Gasteiger partial charge on any atom is -0.374 e. The third kappa shape index (κ3) is 4.37. The van der Waals surface area contributed by atoms with Crippen LogP contribution in [-0.4, -0.2) is 34.5 Å². The Morgan fingerprint density at radius 2 is 2.24 bits per heavy atom. The van der Waals surface area contributed by atoms with Crippen LogP contribution in [0.4, 0.5) is 11.5 Å². The Kier molecular flexibility index (Phi) is 5.02. The molecule has 7 nitrogen and oxygen atoms in total. The van der Waals surface area contributed by atoms with E-state index in [4.69, 9.17) is 4.52 Å². The number of carbonyl (C=O) groups is 2. The zero-order valence-electron chi connectivity index (χ0n) is 14.4. The summed E-state index contributed by atoms with van der Waals surface area (Å²) in [6.07, 6.45) is 1.56. The number of hydrogen-bond acceptors (Lipinski definition) is 5. The third-order valence-electron chi connectivity index (χ3n) is 4.13. The molecule has 132 valence electrons. The molecule has 1 saturated heterocycles. The van der Waals surface area contributed by atoms with E-state index in [1.54, 1.807) is 19.9 Å². The SMILES string of the molecule is Cc1cc(NC(=O)[C@H](C)Nc2cccc(CN3CCCC3=O)c2)no1. The minimum absolute atomic E-state index is 0.201. The predicted octanol–water partition coefficient (Wildman–Crippen LogP) is 2.54. The average molecular weight is 342 g/mol. The zero-order chi connectivity index (χ0) is 17.8. The van der Waals surface area contributed by atoms with Crippen LogP contribution in [-0.2, 0) is 16.1 Å². The van der Waals surface area contributed by atoms with Crippen molar-refractivity contribution in [3.8, 4) is 0 Å². The highest BCUT2D eigenvalue weighted by molar-refractivity contribution is 5.95. The molecular weight excluding hydrogens is 320 g/mol. The highest BCUT2D eigenvalue weighted by Gasteiger charge is 2.20. The lowest BCUT2D eigenvalue weighted by Crippen LogP contribution is -2.32. The second-order valence-corrected chi connectivity index (χ2v) is 6.30. The number of aromatic nitrogens is 1. The quantitative estimate of drug-likeness (QED) is 0.842. The van der Waals surface area contributed by atoms with Gasteiger partial charge in [0.05, 0.1) is 0 Å². The molecule has 7 heteroatoms. The number of nitrogens with zero attached hydrogens (tertiary/aromatic N) is 2. The molecule has 1 fully saturated rings. The molecule has 1 aliphatic rings. The van der Waals surface area contributed by atoms with Crippen molar-refractivity contribution in [3.63, 3.8) is 0 Å². The van der Waals surface area contributed by atoms with Gasteiger partial charge in [-0.25, -0.2) is 0 Å². The van der Waals surface area contributed by atoms with Gasteiger partial charge in [-0.3, -0.25) is 9.59 Å². The summed E-state index contributed by atoms with van der Waals surface area (Å²) in [6, 6.07) is 9.00. The summed E-state index contributed by atoms with van der Waals surface area (Å²) in [5.41, 5.74) is 1.88. The fraction of sp³-hybridized carbons (Fsp3) is 0.389. The number of likely N-dealkylation sites (tertiary alicyclic amines) is 1. The molecule has 0 unspecified atom stereocenters. The summed E-state index contributed by atoms with van der Waals surface area (Å²) >= 11 is 0. The molecule has 2 amide bonds. The van der Waals surface area contributed by atoms with Crippen LogP contribution in [0.2, 0.25) is 0 Å². The number of nitrogens with one attached hydrogen (secondary N) is 2. The molecule has 2 N–H and O–H groups in total. The van der Waals surface area contributed by atoms with Gasteiger partial charge in [0, 0.05) is 31.3 Å². The van der Waals surface area contributed by atoms with E-state index in [0.29, 0.717) is 24.5 Å². The van der Waals surface area contributed by atoms with Gasteiger partial charge in [0.25, 0.3) is 0 Å². The van der Waals surface area contributed by atoms with Crippen LogP contribution in [0.3, 0.4) is 0 Å². The van der Waals surface area contributed by atoms with E-state index < -0.39 is 6.04 Å². The van der Waals surface area contributed by atoms with Gasteiger partial charge in [0.2, 0.25) is 11.8 Å². The van der Waals surface area contributed by atoms with Crippen molar-refractivity contribution in [1.82, 2.24) is 10.1 Å². The van der Waals surface area contributed by atoms with Crippen molar-refractivity contribution in [3.05, 3.63) is 41.7 Å². The molecule has 0 spiro atoms. The first kappa shape index (κ1) is 17.0. The van der Waals surface area contributed by atoms with Crippen LogP contribution in [0.1, 0.15) is 31.1 Å². The first-order chi connectivity index (χ1) is 12.0. The number of hydrogen-bond donors (Lipinski definition) is 2. The number of amides is 2. The Bertz CT molecular complexity index is 771. The molecular formula is C18H22N4O3. The van der Waals surface area contributed by atoms with Crippen molar-refractivity contribution in [2.24, 2.45) is 0 Å². The summed E-state index contributed by atoms with van der Waals surface area (Å²) in [5.74, 6) is 1.04. The lowest BCUT2D eigenvalue weighted by atomic mass is 10.1. The van der Waals surface area contributed by atoms with Gasteiger partial charge in [-0.1, -0.05) is 17.3 Å². The fourth-order valence-corrected chi connectivity index (χ4v) is 2.83. The van der Waals surface area contributed by atoms with E-state index in [0.717, 1.165) is 24.2 Å². The van der Waals surface area contributed by atoms with Crippen LogP contribution in [0.5, 0.6) is 0 Å². The molecule has 2 aromatic rings. The maximum absolute atomic E-state index is 12.2. The van der Waals surface area contributed by atoms with Crippen molar-refractivity contribution in [2.45, 2.75) is 39.3 Å². The van der Waals surface area contributed by atoms with Crippen molar-refractivity contribution in [2.75, 3.05) is 17.2 Å². The Balaban J connectivity index is 1.59. The molecule has 25 heavy (non-hydrogen) atoms. The largest absolute Gasteiger partial charge is 0.374 e. The molecule has 2 heterocycles. The molecule has 1 atom stereocenters. The van der Waals surface area contributed by atoms with Gasteiger partial charge >= 0.3 is 0 Å². The van der Waals surface area contributed by atoms with E-state index >= 15 is 0 Å². The van der Waals surface area contributed by atoms with Crippen LogP contribution in [0.25, 0.3) is 0 Å². The minimum atomic E-state index is -0.444. The topological polar surface area (TPSA) is 87.5 Å². The summed E-state index contributed by atoms with van der Waals surface area (Å²) < 4.78 is 4.93. The monoisotopic (exact) mass is 342 g/mol. The van der Waals surface area contributed by atoms with Gasteiger partial charge in [0.15, 0.2) is 5.82 Å². The maximum atomic E-state index is 12.2. The normalized spacial score (nSPS) is 15.3. The Morgan fingerprint density at radius 1 is 1.40 bits per heavy atom. The highest BCUT2D eigenvalue weighted by Crippen LogP contribution is 2.18. The number of rotatable bonds is 6. The van der Waals surface area contributed by atoms with Gasteiger partial charge in [-0.2, -0.15) is 0 Å². The van der Waals surface area contributed by atoms with Gasteiger partial charge in [-0.05, 0) is 38.0 Å². The molecule has 1 aromatic heterocycles. The summed E-state index contributed by atoms with van der Waals surface area (Å²) in [6.45, 7) is 4.96. The summed E-state index contributed by atoms with van der Waals surface area (Å²) in [7, 11) is 0. The van der Waals surface area contributed by atoms with E-state index in [9.17, 15) is 9.59 Å². The van der Waals surface area contributed by atoms with E-state index in [1.165, 1.54) is 0 Å². The predicted molar refractivity (Wildman–Crippen MR) is 94.0 cm³/mol. The molecule has 0 radical (unpaired) electrons. The maximum Gasteiger partial charge on any atom is 0.247 e. The van der Waals surface area contributed by atoms with Crippen LogP contribution >= 0.6 is 0 Å². The van der Waals surface area contributed by atoms with Crippen molar-refractivity contribution >= 4 is 23.3 Å². The smallest absolute Gasteiger partial charge is 0.247 e. The van der Waals surface area contributed by atoms with E-state index in [-0.39, 0.29) is 11.8 Å². The second-order valence-electron chi connectivity index (χ2n) is 6.30. The van der Waals surface area contributed by atoms with Gasteiger partial charge < -0.3 is 20.1 Å². The van der Waals surface area contributed by atoms with E-state index in [1.807, 2.05) is 29.2 Å². The molecule has 0 saturated carbocycles. The second kappa shape index (κ2) is 7.38. The van der Waals surface area contributed by atoms with Crippen LogP contribution in [0.15, 0.2) is 34.9 Å². The lowest BCUT2D eigenvalue weighted by molar-refractivity contribution is -0.128.